The van der Waals surface area contributed by atoms with Gasteiger partial charge in [-0.3, -0.25) is 4.99 Å². The van der Waals surface area contributed by atoms with Gasteiger partial charge >= 0.3 is 0 Å². The summed E-state index contributed by atoms with van der Waals surface area (Å²) in [4.78, 5) is 8.59. The minimum absolute atomic E-state index is 0. The van der Waals surface area contributed by atoms with Crippen LogP contribution >= 0.6 is 24.0 Å². The van der Waals surface area contributed by atoms with Gasteiger partial charge in [-0.15, -0.1) is 24.0 Å². The Morgan fingerprint density at radius 1 is 1.32 bits per heavy atom. The van der Waals surface area contributed by atoms with Crippen LogP contribution in [0.1, 0.15) is 38.4 Å². The van der Waals surface area contributed by atoms with Crippen LogP contribution in [0, 0.1) is 6.92 Å². The molecule has 0 atom stereocenters. The highest BCUT2D eigenvalue weighted by Crippen LogP contribution is 1.98. The fourth-order valence-electron chi connectivity index (χ4n) is 1.45. The average Bonchev–Trinajstić information content (AvgIpc) is 2.77. The third kappa shape index (κ3) is 8.02. The van der Waals surface area contributed by atoms with Crippen LogP contribution in [0.2, 0.25) is 0 Å². The van der Waals surface area contributed by atoms with Gasteiger partial charge in [0.25, 0.3) is 0 Å². The Morgan fingerprint density at radius 2 is 2.11 bits per heavy atom. The van der Waals surface area contributed by atoms with Gasteiger partial charge in [0, 0.05) is 26.1 Å². The molecule has 6 nitrogen and oxygen atoms in total. The Kier molecular flexibility index (Phi) is 10.5. The summed E-state index contributed by atoms with van der Waals surface area (Å²) >= 11 is 0. The molecule has 1 aromatic rings. The number of nitrogens with one attached hydrogen (secondary N) is 2. The van der Waals surface area contributed by atoms with Crippen molar-refractivity contribution in [2.45, 2.75) is 40.0 Å². The number of guanidine groups is 1. The second kappa shape index (κ2) is 11.0. The van der Waals surface area contributed by atoms with Crippen molar-refractivity contribution in [3.05, 3.63) is 11.7 Å². The second-order valence-electron chi connectivity index (χ2n) is 4.03. The quantitative estimate of drug-likeness (QED) is 0.327. The van der Waals surface area contributed by atoms with Gasteiger partial charge in [0.2, 0.25) is 5.89 Å². The van der Waals surface area contributed by atoms with Crippen molar-refractivity contribution in [3.63, 3.8) is 0 Å². The van der Waals surface area contributed by atoms with E-state index in [0.717, 1.165) is 44.9 Å². The molecule has 7 heteroatoms. The van der Waals surface area contributed by atoms with E-state index in [1.165, 1.54) is 0 Å². The Balaban J connectivity index is 0.00000324. The van der Waals surface area contributed by atoms with E-state index >= 15 is 0 Å². The van der Waals surface area contributed by atoms with Crippen LogP contribution in [-0.4, -0.2) is 35.7 Å². The molecule has 2 N–H and O–H groups in total. The van der Waals surface area contributed by atoms with Gasteiger partial charge in [0.1, 0.15) is 0 Å². The van der Waals surface area contributed by atoms with E-state index in [9.17, 15) is 0 Å². The van der Waals surface area contributed by atoms with Gasteiger partial charge in [0.05, 0.1) is 0 Å². The molecular formula is C12H24IN5O. The van der Waals surface area contributed by atoms with Crippen LogP contribution in [-0.2, 0) is 6.42 Å². The minimum Gasteiger partial charge on any atom is -0.357 e. The number of hydrogen-bond donors (Lipinski definition) is 2. The van der Waals surface area contributed by atoms with Crippen molar-refractivity contribution < 1.29 is 4.52 Å². The molecule has 0 aliphatic rings. The summed E-state index contributed by atoms with van der Waals surface area (Å²) in [5.74, 6) is 2.27. The second-order valence-corrected chi connectivity index (χ2v) is 4.03. The van der Waals surface area contributed by atoms with Crippen LogP contribution in [0.15, 0.2) is 9.52 Å². The molecule has 0 bridgehead atoms. The van der Waals surface area contributed by atoms with E-state index in [0.29, 0.717) is 11.7 Å². The van der Waals surface area contributed by atoms with E-state index < -0.39 is 0 Å². The van der Waals surface area contributed by atoms with Gasteiger partial charge in [-0.1, -0.05) is 12.1 Å². The average molecular weight is 381 g/mol. The van der Waals surface area contributed by atoms with Crippen LogP contribution in [0.5, 0.6) is 0 Å². The van der Waals surface area contributed by atoms with Crippen molar-refractivity contribution in [2.24, 2.45) is 4.99 Å². The highest BCUT2D eigenvalue weighted by atomic mass is 127. The summed E-state index contributed by atoms with van der Waals surface area (Å²) in [6.07, 6.45) is 2.79. The molecule has 110 valence electrons. The summed E-state index contributed by atoms with van der Waals surface area (Å²) in [5.41, 5.74) is 0. The zero-order chi connectivity index (χ0) is 13.2. The van der Waals surface area contributed by atoms with Gasteiger partial charge in [-0.25, -0.2) is 0 Å². The van der Waals surface area contributed by atoms with Gasteiger partial charge in [0.15, 0.2) is 11.8 Å². The van der Waals surface area contributed by atoms with Crippen LogP contribution in [0.3, 0.4) is 0 Å². The van der Waals surface area contributed by atoms with Gasteiger partial charge < -0.3 is 15.2 Å². The summed E-state index contributed by atoms with van der Waals surface area (Å²) in [6.45, 7) is 8.56. The molecule has 0 aromatic carbocycles. The molecule has 19 heavy (non-hydrogen) atoms. The van der Waals surface area contributed by atoms with Crippen molar-refractivity contribution in [2.75, 3.05) is 19.6 Å². The number of nitrogens with zero attached hydrogens (tertiary/aromatic N) is 3. The zero-order valence-corrected chi connectivity index (χ0v) is 14.2. The molecule has 0 spiro atoms. The van der Waals surface area contributed by atoms with Crippen LogP contribution in [0.25, 0.3) is 0 Å². The number of aryl methyl sites for hydroxylation is 2. The summed E-state index contributed by atoms with van der Waals surface area (Å²) in [7, 11) is 0. The van der Waals surface area contributed by atoms with Crippen LogP contribution < -0.4 is 10.6 Å². The minimum atomic E-state index is 0. The maximum Gasteiger partial charge on any atom is 0.226 e. The molecule has 1 rings (SSSR count). The Morgan fingerprint density at radius 3 is 2.68 bits per heavy atom. The highest BCUT2D eigenvalue weighted by Gasteiger charge is 2.02. The predicted molar refractivity (Wildman–Crippen MR) is 87.0 cm³/mol. The number of aromatic nitrogens is 2. The molecule has 0 saturated carbocycles. The normalized spacial score (nSPS) is 11.0. The first kappa shape index (κ1) is 18.1. The topological polar surface area (TPSA) is 75.3 Å². The first-order valence-electron chi connectivity index (χ1n) is 6.57. The standard InChI is InChI=1S/C12H23N5O.HI/c1-4-8-14-12(13-5-2)15-9-6-7-11-16-10(3)17-18-11;/h4-9H2,1-3H3,(H2,13,14,15);1H. The molecule has 0 amide bonds. The first-order chi connectivity index (χ1) is 8.76. The molecule has 0 unspecified atom stereocenters. The monoisotopic (exact) mass is 381 g/mol. The zero-order valence-electron chi connectivity index (χ0n) is 11.9. The lowest BCUT2D eigenvalue weighted by atomic mass is 10.3. The van der Waals surface area contributed by atoms with E-state index in [-0.39, 0.29) is 24.0 Å². The van der Waals surface area contributed by atoms with Crippen molar-refractivity contribution in [1.29, 1.82) is 0 Å². The molecule has 0 aliphatic heterocycles. The third-order valence-electron chi connectivity index (χ3n) is 2.27. The largest absolute Gasteiger partial charge is 0.357 e. The lowest BCUT2D eigenvalue weighted by Crippen LogP contribution is -2.38. The summed E-state index contributed by atoms with van der Waals surface area (Å²) in [6, 6.07) is 0. The molecule has 0 radical (unpaired) electrons. The lowest BCUT2D eigenvalue weighted by Gasteiger charge is -2.10. The van der Waals surface area contributed by atoms with Gasteiger partial charge in [-0.05, 0) is 26.7 Å². The van der Waals surface area contributed by atoms with Crippen molar-refractivity contribution >= 4 is 29.9 Å². The molecule has 0 saturated heterocycles. The van der Waals surface area contributed by atoms with Gasteiger partial charge in [-0.2, -0.15) is 4.98 Å². The summed E-state index contributed by atoms with van der Waals surface area (Å²) < 4.78 is 5.05. The fourth-order valence-corrected chi connectivity index (χ4v) is 1.45. The number of halogens is 1. The predicted octanol–water partition coefficient (Wildman–Crippen LogP) is 1.89. The van der Waals surface area contributed by atoms with E-state index in [1.807, 2.05) is 6.92 Å². The Labute approximate surface area is 131 Å². The van der Waals surface area contributed by atoms with E-state index in [4.69, 9.17) is 4.52 Å². The molecule has 1 heterocycles. The maximum atomic E-state index is 5.05. The van der Waals surface area contributed by atoms with Crippen molar-refractivity contribution in [1.82, 2.24) is 20.8 Å². The van der Waals surface area contributed by atoms with E-state index in [1.54, 1.807) is 0 Å². The number of rotatable bonds is 7. The number of aliphatic imine (C=N–C) groups is 1. The molecular weight excluding hydrogens is 357 g/mol. The first-order valence-corrected chi connectivity index (χ1v) is 6.57. The SMILES string of the molecule is CCCN=C(NCC)NCCCc1nc(C)no1.I. The Hall–Kier alpha value is -0.860. The van der Waals surface area contributed by atoms with E-state index in [2.05, 4.69) is 39.6 Å². The van der Waals surface area contributed by atoms with Crippen LogP contribution in [0.4, 0.5) is 0 Å². The highest BCUT2D eigenvalue weighted by molar-refractivity contribution is 14.0. The van der Waals surface area contributed by atoms with Crippen molar-refractivity contribution in [3.8, 4) is 0 Å². The number of hydrogen-bond acceptors (Lipinski definition) is 4. The maximum absolute atomic E-state index is 5.05. The fraction of sp³-hybridized carbons (Fsp3) is 0.750. The lowest BCUT2D eigenvalue weighted by molar-refractivity contribution is 0.372. The third-order valence-corrected chi connectivity index (χ3v) is 2.27. The molecule has 0 fully saturated rings. The summed E-state index contributed by atoms with van der Waals surface area (Å²) in [5, 5.41) is 10.2. The molecule has 0 aliphatic carbocycles. The smallest absolute Gasteiger partial charge is 0.226 e. The molecule has 1 aromatic heterocycles. The Bertz CT molecular complexity index is 367.